The van der Waals surface area contributed by atoms with Crippen molar-refractivity contribution in [1.29, 1.82) is 0 Å². The van der Waals surface area contributed by atoms with E-state index in [1.54, 1.807) is 0 Å². The van der Waals surface area contributed by atoms with E-state index in [1.165, 1.54) is 0 Å². The van der Waals surface area contributed by atoms with E-state index in [9.17, 15) is 19.8 Å². The Bertz CT molecular complexity index is 124. The van der Waals surface area contributed by atoms with Crippen LogP contribution in [0.25, 0.3) is 0 Å². The molecule has 1 radical (unpaired) electrons. The maximum absolute atomic E-state index is 9.41. The molecule has 0 unspecified atom stereocenters. The van der Waals surface area contributed by atoms with Crippen molar-refractivity contribution in [2.45, 2.75) is 0 Å². The van der Waals surface area contributed by atoms with Crippen molar-refractivity contribution in [3.8, 4) is 0 Å². The van der Waals surface area contributed by atoms with Crippen LogP contribution in [0.5, 0.6) is 0 Å². The standard InChI is InChI=1S/C4H4O4.Mn/c5-3(6)1-2-4(7)8;/h1-2H,(H,5,6)(H,7,8);/q;+2/p-2. The molecule has 49 valence electrons. The molecule has 0 aliphatic carbocycles. The summed E-state index contributed by atoms with van der Waals surface area (Å²) >= 11 is 0. The fourth-order valence-electron chi connectivity index (χ4n) is 0.136. The summed E-state index contributed by atoms with van der Waals surface area (Å²) in [5.74, 6) is -3.09. The normalized spacial score (nSPS) is 8.44. The zero-order chi connectivity index (χ0) is 6.57. The van der Waals surface area contributed by atoms with Crippen molar-refractivity contribution in [1.82, 2.24) is 0 Å². The molecular formula is C4H2MnO4. The molecule has 4 nitrogen and oxygen atoms in total. The van der Waals surface area contributed by atoms with Crippen LogP contribution in [0.1, 0.15) is 0 Å². The van der Waals surface area contributed by atoms with Crippen molar-refractivity contribution < 1.29 is 36.9 Å². The number of aliphatic carboxylic acids is 2. The molecule has 0 heterocycles. The summed E-state index contributed by atoms with van der Waals surface area (Å²) < 4.78 is 0. The molecule has 0 amide bonds. The molecule has 0 aromatic rings. The fraction of sp³-hybridized carbons (Fsp3) is 0. The first-order chi connectivity index (χ1) is 3.63. The summed E-state index contributed by atoms with van der Waals surface area (Å²) in [5, 5.41) is 18.8. The number of carbonyl (C=O) groups is 2. The SMILES string of the molecule is O=C([O-])C=CC(=O)[O-].[Mn+2]. The van der Waals surface area contributed by atoms with Gasteiger partial charge in [-0.25, -0.2) is 0 Å². The number of hydrogen-bond donors (Lipinski definition) is 0. The quantitative estimate of drug-likeness (QED) is 0.326. The fourth-order valence-corrected chi connectivity index (χ4v) is 0.136. The summed E-state index contributed by atoms with van der Waals surface area (Å²) in [5.41, 5.74) is 0. The van der Waals surface area contributed by atoms with Crippen LogP contribution in [0.15, 0.2) is 12.2 Å². The van der Waals surface area contributed by atoms with Gasteiger partial charge >= 0.3 is 17.1 Å². The first-order valence-corrected chi connectivity index (χ1v) is 1.73. The van der Waals surface area contributed by atoms with Crippen LogP contribution in [-0.4, -0.2) is 11.9 Å². The smallest absolute Gasteiger partial charge is 0.545 e. The average molecular weight is 169 g/mol. The van der Waals surface area contributed by atoms with Gasteiger partial charge in [0.1, 0.15) is 0 Å². The number of carboxylic acid groups (broad SMARTS) is 2. The van der Waals surface area contributed by atoms with E-state index in [-0.39, 0.29) is 17.1 Å². The van der Waals surface area contributed by atoms with Crippen LogP contribution in [0.3, 0.4) is 0 Å². The Kier molecular flexibility index (Phi) is 6.56. The van der Waals surface area contributed by atoms with Gasteiger partial charge in [-0.05, 0) is 12.2 Å². The summed E-state index contributed by atoms with van der Waals surface area (Å²) in [6, 6.07) is 0. The molecule has 0 atom stereocenters. The molecule has 0 spiro atoms. The third-order valence-corrected chi connectivity index (χ3v) is 0.355. The van der Waals surface area contributed by atoms with E-state index in [4.69, 9.17) is 0 Å². The number of carbonyl (C=O) groups excluding carboxylic acids is 2. The molecule has 5 heteroatoms. The second-order valence-corrected chi connectivity index (χ2v) is 0.971. The largest absolute Gasteiger partial charge is 2.00 e. The molecule has 0 aromatic carbocycles. The van der Waals surface area contributed by atoms with Crippen LogP contribution in [0, 0.1) is 0 Å². The van der Waals surface area contributed by atoms with Crippen LogP contribution < -0.4 is 10.2 Å². The predicted molar refractivity (Wildman–Crippen MR) is 19.2 cm³/mol. The van der Waals surface area contributed by atoms with Gasteiger partial charge in [0.15, 0.2) is 0 Å². The van der Waals surface area contributed by atoms with E-state index in [0.717, 1.165) is 0 Å². The van der Waals surface area contributed by atoms with E-state index in [0.29, 0.717) is 12.2 Å². The number of rotatable bonds is 2. The Morgan fingerprint density at radius 3 is 1.33 bits per heavy atom. The molecule has 0 saturated heterocycles. The Labute approximate surface area is 61.7 Å². The number of carboxylic acids is 2. The second-order valence-electron chi connectivity index (χ2n) is 0.971. The molecule has 0 saturated carbocycles. The monoisotopic (exact) mass is 169 g/mol. The summed E-state index contributed by atoms with van der Waals surface area (Å²) in [6.45, 7) is 0. The minimum atomic E-state index is -1.55. The van der Waals surface area contributed by atoms with Crippen LogP contribution in [-0.2, 0) is 26.7 Å². The van der Waals surface area contributed by atoms with E-state index in [2.05, 4.69) is 0 Å². The van der Waals surface area contributed by atoms with Crippen LogP contribution in [0.2, 0.25) is 0 Å². The zero-order valence-electron chi connectivity index (χ0n) is 4.17. The van der Waals surface area contributed by atoms with Crippen molar-refractivity contribution in [3.63, 3.8) is 0 Å². The first-order valence-electron chi connectivity index (χ1n) is 1.73. The van der Waals surface area contributed by atoms with Crippen LogP contribution in [0.4, 0.5) is 0 Å². The molecule has 0 fully saturated rings. The van der Waals surface area contributed by atoms with Gasteiger partial charge in [-0.1, -0.05) is 0 Å². The van der Waals surface area contributed by atoms with Crippen molar-refractivity contribution in [2.75, 3.05) is 0 Å². The Morgan fingerprint density at radius 1 is 1.00 bits per heavy atom. The van der Waals surface area contributed by atoms with Gasteiger partial charge in [0.05, 0.1) is 11.9 Å². The van der Waals surface area contributed by atoms with Gasteiger partial charge in [0, 0.05) is 0 Å². The van der Waals surface area contributed by atoms with E-state index < -0.39 is 11.9 Å². The third-order valence-electron chi connectivity index (χ3n) is 0.355. The summed E-state index contributed by atoms with van der Waals surface area (Å²) in [7, 11) is 0. The number of hydrogen-bond acceptors (Lipinski definition) is 4. The molecule has 0 aliphatic rings. The second kappa shape index (κ2) is 5.34. The third kappa shape index (κ3) is 11.0. The van der Waals surface area contributed by atoms with Gasteiger partial charge in [-0.15, -0.1) is 0 Å². The van der Waals surface area contributed by atoms with Gasteiger partial charge in [-0.2, -0.15) is 0 Å². The predicted octanol–water partition coefficient (Wildman–Crippen LogP) is -2.96. The van der Waals surface area contributed by atoms with Gasteiger partial charge < -0.3 is 19.8 Å². The van der Waals surface area contributed by atoms with E-state index >= 15 is 0 Å². The summed E-state index contributed by atoms with van der Waals surface area (Å²) in [6.07, 6.45) is 0.769. The minimum Gasteiger partial charge on any atom is -0.545 e. The Balaban J connectivity index is 0. The van der Waals surface area contributed by atoms with Gasteiger partial charge in [0.25, 0.3) is 0 Å². The van der Waals surface area contributed by atoms with E-state index in [1.807, 2.05) is 0 Å². The zero-order valence-corrected chi connectivity index (χ0v) is 5.35. The van der Waals surface area contributed by atoms with Crippen molar-refractivity contribution >= 4 is 11.9 Å². The Hall–Kier alpha value is -0.801. The van der Waals surface area contributed by atoms with Gasteiger partial charge in [0.2, 0.25) is 0 Å². The molecule has 0 bridgehead atoms. The topological polar surface area (TPSA) is 80.3 Å². The maximum Gasteiger partial charge on any atom is 2.00 e. The van der Waals surface area contributed by atoms with Crippen molar-refractivity contribution in [3.05, 3.63) is 12.2 Å². The summed E-state index contributed by atoms with van der Waals surface area (Å²) in [4.78, 5) is 18.8. The van der Waals surface area contributed by atoms with Crippen molar-refractivity contribution in [2.24, 2.45) is 0 Å². The Morgan fingerprint density at radius 2 is 1.22 bits per heavy atom. The van der Waals surface area contributed by atoms with Gasteiger partial charge in [-0.3, -0.25) is 0 Å². The van der Waals surface area contributed by atoms with Crippen LogP contribution >= 0.6 is 0 Å². The average Bonchev–Trinajstić information content (AvgIpc) is 1.61. The first kappa shape index (κ1) is 11.1. The molecule has 0 rings (SSSR count). The molecular weight excluding hydrogens is 167 g/mol. The maximum atomic E-state index is 9.41. The molecule has 0 aromatic heterocycles. The molecule has 0 aliphatic heterocycles. The molecule has 0 N–H and O–H groups in total. The molecule has 9 heavy (non-hydrogen) atoms. The minimum absolute atomic E-state index is 0.